The summed E-state index contributed by atoms with van der Waals surface area (Å²) in [5.41, 5.74) is -0.502. The van der Waals surface area contributed by atoms with Crippen molar-refractivity contribution >= 4 is 17.4 Å². The van der Waals surface area contributed by atoms with Gasteiger partial charge in [0.1, 0.15) is 30.3 Å². The van der Waals surface area contributed by atoms with Gasteiger partial charge in [0, 0.05) is 12.2 Å². The molecule has 2 heterocycles. The van der Waals surface area contributed by atoms with Crippen molar-refractivity contribution in [1.82, 2.24) is 20.1 Å². The molecule has 1 atom stereocenters. The van der Waals surface area contributed by atoms with E-state index in [0.717, 1.165) is 30.2 Å². The van der Waals surface area contributed by atoms with Crippen molar-refractivity contribution in [3.63, 3.8) is 0 Å². The highest BCUT2D eigenvalue weighted by molar-refractivity contribution is 6.17. The Kier molecular flexibility index (Phi) is 7.83. The molecule has 2 aliphatic carbocycles. The van der Waals surface area contributed by atoms with Gasteiger partial charge in [-0.3, -0.25) is 9.59 Å². The van der Waals surface area contributed by atoms with Gasteiger partial charge in [0.05, 0.1) is 24.0 Å². The molecule has 3 aliphatic rings. The quantitative estimate of drug-likeness (QED) is 0.293. The molecule has 0 bridgehead atoms. The standard InChI is InChI=1S/C34H31F3N6O2/c1-23-17-29(30(44)33(18-23,34(35,36)37)32(45)40-26-9-5-6-10-26)42-21-28(39-22-42)31-41(20-25-7-3-2-4-8-25)15-16-43(31)27-13-11-24(19-38)12-14-27/h2-4,7-8,11-18,21,26,39H,5-6,9-10,20,22H2,1H3/p+1. The van der Waals surface area contributed by atoms with Gasteiger partial charge >= 0.3 is 12.0 Å². The summed E-state index contributed by atoms with van der Waals surface area (Å²) in [6, 6.07) is 18.5. The third kappa shape index (κ3) is 5.52. The van der Waals surface area contributed by atoms with E-state index in [9.17, 15) is 28.0 Å². The number of nitrogens with zero attached hydrogens (tertiary/aromatic N) is 4. The maximum absolute atomic E-state index is 14.8. The summed E-state index contributed by atoms with van der Waals surface area (Å²) in [7, 11) is 0. The number of ketones is 1. The van der Waals surface area contributed by atoms with Crippen LogP contribution in [0, 0.1) is 16.7 Å². The first-order valence-corrected chi connectivity index (χ1v) is 14.8. The summed E-state index contributed by atoms with van der Waals surface area (Å²) < 4.78 is 48.4. The van der Waals surface area contributed by atoms with Crippen molar-refractivity contribution in [2.45, 2.75) is 51.4 Å². The van der Waals surface area contributed by atoms with Crippen LogP contribution in [-0.2, 0) is 16.1 Å². The molecule has 8 nitrogen and oxygen atoms in total. The van der Waals surface area contributed by atoms with E-state index in [-0.39, 0.29) is 24.0 Å². The zero-order valence-electron chi connectivity index (χ0n) is 24.6. The van der Waals surface area contributed by atoms with Crippen molar-refractivity contribution in [3.05, 3.63) is 114 Å². The second kappa shape index (κ2) is 11.8. The lowest BCUT2D eigenvalue weighted by atomic mass is 9.75. The van der Waals surface area contributed by atoms with Crippen LogP contribution >= 0.6 is 0 Å². The Morgan fingerprint density at radius 1 is 1.13 bits per heavy atom. The number of allylic oxidation sites excluding steroid dienone is 3. The van der Waals surface area contributed by atoms with Crippen LogP contribution in [0.2, 0.25) is 0 Å². The summed E-state index contributed by atoms with van der Waals surface area (Å²) in [6.07, 6.45) is 5.18. The fourth-order valence-corrected chi connectivity index (χ4v) is 6.26. The van der Waals surface area contributed by atoms with Gasteiger partial charge in [-0.1, -0.05) is 48.7 Å². The van der Waals surface area contributed by atoms with Crippen LogP contribution < -0.4 is 15.2 Å². The maximum Gasteiger partial charge on any atom is 0.414 e. The average molecular weight is 614 g/mol. The Bertz CT molecular complexity index is 1760. The second-order valence-corrected chi connectivity index (χ2v) is 11.6. The molecule has 2 aromatic carbocycles. The molecule has 1 aliphatic heterocycles. The van der Waals surface area contributed by atoms with E-state index in [1.165, 1.54) is 17.9 Å². The van der Waals surface area contributed by atoms with Crippen molar-refractivity contribution in [2.24, 2.45) is 5.41 Å². The van der Waals surface area contributed by atoms with E-state index < -0.39 is 23.3 Å². The number of alkyl halides is 3. The number of carbonyl (C=O) groups excluding carboxylic acids is 2. The molecule has 0 radical (unpaired) electrons. The van der Waals surface area contributed by atoms with Crippen LogP contribution in [0.3, 0.4) is 0 Å². The molecule has 0 spiro atoms. The predicted molar refractivity (Wildman–Crippen MR) is 160 cm³/mol. The molecule has 11 heteroatoms. The number of benzene rings is 2. The lowest BCUT2D eigenvalue weighted by Gasteiger charge is -2.36. The minimum atomic E-state index is -5.14. The fourth-order valence-electron chi connectivity index (χ4n) is 6.26. The molecule has 1 fully saturated rings. The summed E-state index contributed by atoms with van der Waals surface area (Å²) in [6.45, 7) is 1.98. The summed E-state index contributed by atoms with van der Waals surface area (Å²) in [4.78, 5) is 28.6. The number of rotatable bonds is 7. The van der Waals surface area contributed by atoms with Crippen molar-refractivity contribution < 1.29 is 27.3 Å². The van der Waals surface area contributed by atoms with Gasteiger partial charge in [-0.05, 0) is 61.7 Å². The Labute approximate surface area is 258 Å². The van der Waals surface area contributed by atoms with Gasteiger partial charge in [-0.25, -0.2) is 4.57 Å². The maximum atomic E-state index is 14.8. The van der Waals surface area contributed by atoms with Crippen molar-refractivity contribution in [3.8, 4) is 11.8 Å². The zero-order chi connectivity index (χ0) is 31.8. The van der Waals surface area contributed by atoms with E-state index in [1.54, 1.807) is 18.3 Å². The number of imidazole rings is 1. The number of nitrogens with one attached hydrogen (secondary N) is 2. The highest BCUT2D eigenvalue weighted by Gasteiger charge is 2.66. The van der Waals surface area contributed by atoms with Crippen LogP contribution in [0.1, 0.15) is 49.6 Å². The van der Waals surface area contributed by atoms with Crippen LogP contribution in [0.4, 0.5) is 13.2 Å². The number of hydrogen-bond donors (Lipinski definition) is 2. The summed E-state index contributed by atoms with van der Waals surface area (Å²) in [5.74, 6) is -1.96. The number of amides is 1. The molecule has 230 valence electrons. The molecular formula is C34H32F3N6O2+. The van der Waals surface area contributed by atoms with E-state index in [4.69, 9.17) is 0 Å². The first-order valence-electron chi connectivity index (χ1n) is 14.8. The molecule has 1 amide bonds. The molecule has 3 aromatic rings. The van der Waals surface area contributed by atoms with E-state index in [0.29, 0.717) is 36.5 Å². The second-order valence-electron chi connectivity index (χ2n) is 11.6. The van der Waals surface area contributed by atoms with E-state index in [2.05, 4.69) is 16.7 Å². The van der Waals surface area contributed by atoms with Crippen LogP contribution in [-0.4, -0.2) is 40.0 Å². The minimum Gasteiger partial charge on any atom is -0.360 e. The van der Waals surface area contributed by atoms with E-state index in [1.807, 2.05) is 64.0 Å². The highest BCUT2D eigenvalue weighted by atomic mass is 19.4. The van der Waals surface area contributed by atoms with Gasteiger partial charge in [0.2, 0.25) is 17.1 Å². The van der Waals surface area contributed by atoms with Crippen molar-refractivity contribution in [1.29, 1.82) is 5.26 Å². The smallest absolute Gasteiger partial charge is 0.360 e. The highest BCUT2D eigenvalue weighted by Crippen LogP contribution is 2.46. The third-order valence-corrected chi connectivity index (χ3v) is 8.54. The number of Topliss-reactive ketones (excluding diaryl/α,β-unsaturated/α-hetero) is 1. The Hall–Kier alpha value is -5.11. The minimum absolute atomic E-state index is 0.0161. The lowest BCUT2D eigenvalue weighted by Crippen LogP contribution is -2.58. The molecule has 6 rings (SSSR count). The number of halogens is 3. The number of carbonyl (C=O) groups is 2. The Morgan fingerprint density at radius 3 is 2.51 bits per heavy atom. The first kappa shape index (κ1) is 29.9. The third-order valence-electron chi connectivity index (χ3n) is 8.54. The summed E-state index contributed by atoms with van der Waals surface area (Å²) in [5, 5.41) is 15.0. The van der Waals surface area contributed by atoms with Gasteiger partial charge in [0.15, 0.2) is 0 Å². The van der Waals surface area contributed by atoms with Gasteiger partial charge < -0.3 is 15.5 Å². The van der Waals surface area contributed by atoms with Gasteiger partial charge in [-0.15, -0.1) is 0 Å². The molecule has 45 heavy (non-hydrogen) atoms. The fraction of sp³-hybridized carbons (Fsp3) is 0.294. The van der Waals surface area contributed by atoms with E-state index >= 15 is 0 Å². The SMILES string of the molecule is CC1=CC(C(=O)NC2CCCC2)(C(F)(F)F)C(=O)C(N2C=C(c3n(-c4ccc(C#N)cc4)cc[n+]3Cc3ccccc3)NC2)=C1. The van der Waals surface area contributed by atoms with Crippen LogP contribution in [0.5, 0.6) is 0 Å². The Morgan fingerprint density at radius 2 is 1.84 bits per heavy atom. The predicted octanol–water partition coefficient (Wildman–Crippen LogP) is 4.87. The average Bonchev–Trinajstić information content (AvgIpc) is 3.80. The lowest BCUT2D eigenvalue weighted by molar-refractivity contribution is -0.689. The van der Waals surface area contributed by atoms with Crippen molar-refractivity contribution in [2.75, 3.05) is 6.67 Å². The number of aromatic nitrogens is 2. The zero-order valence-corrected chi connectivity index (χ0v) is 24.6. The van der Waals surface area contributed by atoms with Gasteiger partial charge in [0.25, 0.3) is 0 Å². The number of hydrogen-bond acceptors (Lipinski definition) is 5. The van der Waals surface area contributed by atoms with Crippen LogP contribution in [0.25, 0.3) is 11.4 Å². The molecule has 1 unspecified atom stereocenters. The topological polar surface area (TPSA) is 94.0 Å². The molecular weight excluding hydrogens is 581 g/mol. The molecule has 0 saturated heterocycles. The molecule has 1 saturated carbocycles. The monoisotopic (exact) mass is 613 g/mol. The Balaban J connectivity index is 1.38. The normalized spacial score (nSPS) is 20.3. The summed E-state index contributed by atoms with van der Waals surface area (Å²) >= 11 is 0. The first-order chi connectivity index (χ1) is 21.6. The largest absolute Gasteiger partial charge is 0.414 e. The molecule has 1 aromatic heterocycles. The van der Waals surface area contributed by atoms with Gasteiger partial charge in [-0.2, -0.15) is 23.0 Å². The molecule has 2 N–H and O–H groups in total. The number of nitriles is 1. The van der Waals surface area contributed by atoms with Crippen LogP contribution in [0.15, 0.2) is 96.6 Å².